The summed E-state index contributed by atoms with van der Waals surface area (Å²) in [6, 6.07) is 0. The van der Waals surface area contributed by atoms with E-state index in [2.05, 4.69) is 5.32 Å². The van der Waals surface area contributed by atoms with Crippen LogP contribution in [-0.4, -0.2) is 49.9 Å². The molecule has 2 N–H and O–H groups in total. The fourth-order valence-electron chi connectivity index (χ4n) is 2.11. The second kappa shape index (κ2) is 6.09. The highest BCUT2D eigenvalue weighted by Gasteiger charge is 2.33. The molecule has 0 radical (unpaired) electrons. The summed E-state index contributed by atoms with van der Waals surface area (Å²) in [6.45, 7) is 5.47. The summed E-state index contributed by atoms with van der Waals surface area (Å²) in [6.07, 6.45) is -0.0544. The number of amides is 1. The van der Waals surface area contributed by atoms with E-state index in [1.54, 1.807) is 20.8 Å². The van der Waals surface area contributed by atoms with Gasteiger partial charge in [0.2, 0.25) is 0 Å². The molecule has 1 heterocycles. The van der Waals surface area contributed by atoms with Gasteiger partial charge in [-0.05, 0) is 33.1 Å². The molecular weight excluding hydrogens is 270 g/mol. The molecule has 112 valence electrons. The Kier molecular flexibility index (Phi) is 5.20. The maximum Gasteiger partial charge on any atom is 0.407 e. The monoisotopic (exact) mass is 293 g/mol. The molecule has 1 saturated heterocycles. The maximum absolute atomic E-state index is 11.5. The summed E-state index contributed by atoms with van der Waals surface area (Å²) in [7, 11) is -3.05. The van der Waals surface area contributed by atoms with Gasteiger partial charge < -0.3 is 15.2 Å². The Labute approximate surface area is 114 Å². The van der Waals surface area contributed by atoms with Crippen LogP contribution in [0.1, 0.15) is 27.2 Å². The van der Waals surface area contributed by atoms with Gasteiger partial charge in [-0.1, -0.05) is 0 Å². The van der Waals surface area contributed by atoms with Crippen molar-refractivity contribution in [1.82, 2.24) is 5.32 Å². The highest BCUT2D eigenvalue weighted by Crippen LogP contribution is 2.24. The van der Waals surface area contributed by atoms with Crippen LogP contribution in [0.4, 0.5) is 4.79 Å². The number of sulfone groups is 1. The number of hydrogen-bond donors (Lipinski definition) is 2. The molecule has 0 unspecified atom stereocenters. The molecule has 1 amide bonds. The van der Waals surface area contributed by atoms with Crippen LogP contribution in [0, 0.1) is 11.8 Å². The van der Waals surface area contributed by atoms with Crippen LogP contribution in [0.5, 0.6) is 0 Å². The molecule has 1 fully saturated rings. The third kappa shape index (κ3) is 5.78. The highest BCUT2D eigenvalue weighted by molar-refractivity contribution is 7.91. The smallest absolute Gasteiger partial charge is 0.407 e. The maximum atomic E-state index is 11.5. The zero-order chi connectivity index (χ0) is 14.7. The van der Waals surface area contributed by atoms with E-state index in [1.807, 2.05) is 0 Å². The molecule has 19 heavy (non-hydrogen) atoms. The first-order valence-electron chi connectivity index (χ1n) is 6.41. The molecule has 0 saturated carbocycles. The van der Waals surface area contributed by atoms with E-state index < -0.39 is 21.5 Å². The molecule has 0 aromatic rings. The van der Waals surface area contributed by atoms with Crippen molar-refractivity contribution in [3.05, 3.63) is 0 Å². The number of carbonyl (C=O) groups excluding carboxylic acids is 1. The van der Waals surface area contributed by atoms with Gasteiger partial charge in [-0.25, -0.2) is 13.2 Å². The van der Waals surface area contributed by atoms with Crippen LogP contribution in [0.15, 0.2) is 0 Å². The minimum absolute atomic E-state index is 0.00976. The summed E-state index contributed by atoms with van der Waals surface area (Å²) < 4.78 is 28.0. The summed E-state index contributed by atoms with van der Waals surface area (Å²) >= 11 is 0. The Morgan fingerprint density at radius 1 is 1.37 bits per heavy atom. The zero-order valence-corrected chi connectivity index (χ0v) is 12.5. The van der Waals surface area contributed by atoms with Crippen LogP contribution in [0.25, 0.3) is 0 Å². The van der Waals surface area contributed by atoms with Gasteiger partial charge in [0.05, 0.1) is 11.5 Å². The van der Waals surface area contributed by atoms with Gasteiger partial charge in [-0.2, -0.15) is 0 Å². The van der Waals surface area contributed by atoms with Crippen LogP contribution >= 0.6 is 0 Å². The standard InChI is InChI=1S/C12H23NO5S/c1-12(2,3)18-11(15)13-6-9-4-5-19(16,17)8-10(9)7-14/h9-10,14H,4-8H2,1-3H3,(H,13,15)/t9-,10-/m0/s1. The number of rotatable bonds is 3. The Hall–Kier alpha value is -0.820. The number of carbonyl (C=O) groups is 1. The first-order valence-corrected chi connectivity index (χ1v) is 8.23. The molecule has 6 nitrogen and oxygen atoms in total. The molecule has 1 aliphatic rings. The molecule has 0 aromatic carbocycles. The van der Waals surface area contributed by atoms with Crippen LogP contribution in [0.3, 0.4) is 0 Å². The number of aliphatic hydroxyl groups is 1. The van der Waals surface area contributed by atoms with Gasteiger partial charge in [0.15, 0.2) is 9.84 Å². The molecule has 0 spiro atoms. The molecule has 0 aromatic heterocycles. The van der Waals surface area contributed by atoms with Crippen molar-refractivity contribution in [3.8, 4) is 0 Å². The molecule has 2 atom stereocenters. The van der Waals surface area contributed by atoms with Crippen LogP contribution in [-0.2, 0) is 14.6 Å². The Morgan fingerprint density at radius 3 is 2.53 bits per heavy atom. The number of nitrogens with one attached hydrogen (secondary N) is 1. The van der Waals surface area contributed by atoms with Crippen molar-refractivity contribution in [2.45, 2.75) is 32.8 Å². The average Bonchev–Trinajstić information content (AvgIpc) is 2.24. The number of ether oxygens (including phenoxy) is 1. The molecule has 7 heteroatoms. The SMILES string of the molecule is CC(C)(C)OC(=O)NC[C@@H]1CCS(=O)(=O)C[C@@H]1CO. The van der Waals surface area contributed by atoms with Gasteiger partial charge in [-0.15, -0.1) is 0 Å². The largest absolute Gasteiger partial charge is 0.444 e. The van der Waals surface area contributed by atoms with Crippen LogP contribution in [0.2, 0.25) is 0 Å². The molecule has 1 rings (SSSR count). The molecule has 0 bridgehead atoms. The Bertz CT molecular complexity index is 412. The Morgan fingerprint density at radius 2 is 2.00 bits per heavy atom. The third-order valence-electron chi connectivity index (χ3n) is 3.08. The highest BCUT2D eigenvalue weighted by atomic mass is 32.2. The fourth-order valence-corrected chi connectivity index (χ4v) is 3.97. The molecule has 0 aliphatic carbocycles. The third-order valence-corrected chi connectivity index (χ3v) is 4.87. The molecule has 1 aliphatic heterocycles. The lowest BCUT2D eigenvalue weighted by Crippen LogP contribution is -2.42. The zero-order valence-electron chi connectivity index (χ0n) is 11.7. The van der Waals surface area contributed by atoms with E-state index in [-0.39, 0.29) is 29.9 Å². The lowest BCUT2D eigenvalue weighted by molar-refractivity contribution is 0.0507. The van der Waals surface area contributed by atoms with E-state index in [0.29, 0.717) is 13.0 Å². The summed E-state index contributed by atoms with van der Waals surface area (Å²) in [5.74, 6) is -0.233. The lowest BCUT2D eigenvalue weighted by Gasteiger charge is -2.30. The van der Waals surface area contributed by atoms with Gasteiger partial charge in [0, 0.05) is 19.1 Å². The first kappa shape index (κ1) is 16.2. The minimum atomic E-state index is -3.05. The number of aliphatic hydroxyl groups excluding tert-OH is 1. The summed E-state index contributed by atoms with van der Waals surface area (Å²) in [4.78, 5) is 11.5. The van der Waals surface area contributed by atoms with E-state index in [0.717, 1.165) is 0 Å². The van der Waals surface area contributed by atoms with E-state index in [4.69, 9.17) is 4.74 Å². The van der Waals surface area contributed by atoms with Gasteiger partial charge in [0.25, 0.3) is 0 Å². The van der Waals surface area contributed by atoms with Crippen molar-refractivity contribution < 1.29 is 23.1 Å². The van der Waals surface area contributed by atoms with E-state index in [1.165, 1.54) is 0 Å². The molecular formula is C12H23NO5S. The normalized spacial score (nSPS) is 26.7. The van der Waals surface area contributed by atoms with Gasteiger partial charge in [-0.3, -0.25) is 0 Å². The second-order valence-corrected chi connectivity index (χ2v) is 8.22. The topological polar surface area (TPSA) is 92.7 Å². The summed E-state index contributed by atoms with van der Waals surface area (Å²) in [5.41, 5.74) is -0.559. The van der Waals surface area contributed by atoms with E-state index in [9.17, 15) is 18.3 Å². The van der Waals surface area contributed by atoms with Crippen molar-refractivity contribution in [3.63, 3.8) is 0 Å². The lowest BCUT2D eigenvalue weighted by atomic mass is 9.91. The Balaban J connectivity index is 2.47. The van der Waals surface area contributed by atoms with Crippen molar-refractivity contribution in [2.24, 2.45) is 11.8 Å². The predicted octanol–water partition coefficient (Wildman–Crippen LogP) is 0.554. The van der Waals surface area contributed by atoms with Gasteiger partial charge >= 0.3 is 6.09 Å². The van der Waals surface area contributed by atoms with Crippen molar-refractivity contribution >= 4 is 15.9 Å². The van der Waals surface area contributed by atoms with Crippen molar-refractivity contribution in [2.75, 3.05) is 24.7 Å². The number of alkyl carbamates (subject to hydrolysis) is 1. The average molecular weight is 293 g/mol. The number of hydrogen-bond acceptors (Lipinski definition) is 5. The second-order valence-electron chi connectivity index (χ2n) is 5.99. The fraction of sp³-hybridized carbons (Fsp3) is 0.917. The first-order chi connectivity index (χ1) is 8.63. The van der Waals surface area contributed by atoms with Crippen molar-refractivity contribution in [1.29, 1.82) is 0 Å². The predicted molar refractivity (Wildman–Crippen MR) is 71.6 cm³/mol. The van der Waals surface area contributed by atoms with Gasteiger partial charge in [0.1, 0.15) is 5.60 Å². The quantitative estimate of drug-likeness (QED) is 0.793. The van der Waals surface area contributed by atoms with E-state index >= 15 is 0 Å². The minimum Gasteiger partial charge on any atom is -0.444 e. The summed E-state index contributed by atoms with van der Waals surface area (Å²) in [5, 5.41) is 11.9. The van der Waals surface area contributed by atoms with Crippen LogP contribution < -0.4 is 5.32 Å².